The Bertz CT molecular complexity index is 1590. The normalized spacial score (nSPS) is 11.0. The second-order valence-electron chi connectivity index (χ2n) is 8.00. The van der Waals surface area contributed by atoms with E-state index in [0.29, 0.717) is 40.5 Å². The van der Waals surface area contributed by atoms with E-state index in [9.17, 15) is 14.4 Å². The first-order chi connectivity index (χ1) is 18.9. The van der Waals surface area contributed by atoms with Crippen molar-refractivity contribution in [3.8, 4) is 22.9 Å². The second-order valence-corrected chi connectivity index (χ2v) is 8.88. The highest BCUT2D eigenvalue weighted by molar-refractivity contribution is 7.16. The first kappa shape index (κ1) is 27.4. The van der Waals surface area contributed by atoms with Gasteiger partial charge in [-0.15, -0.1) is 11.3 Å². The molecule has 39 heavy (non-hydrogen) atoms. The van der Waals surface area contributed by atoms with Crippen LogP contribution in [0.2, 0.25) is 0 Å². The van der Waals surface area contributed by atoms with Gasteiger partial charge in [-0.2, -0.15) is 9.78 Å². The molecule has 0 aliphatic rings. The Labute approximate surface area is 228 Å². The molecule has 0 saturated heterocycles. The lowest BCUT2D eigenvalue weighted by Crippen LogP contribution is -2.25. The molecule has 10 nitrogen and oxygen atoms in total. The summed E-state index contributed by atoms with van der Waals surface area (Å²) in [5.74, 6) is 0.587. The van der Waals surface area contributed by atoms with Gasteiger partial charge in [-0.25, -0.2) is 4.79 Å². The number of methoxy groups -OCH3 is 2. The quantitative estimate of drug-likeness (QED) is 0.224. The van der Waals surface area contributed by atoms with Gasteiger partial charge in [0.1, 0.15) is 10.8 Å². The molecule has 2 heterocycles. The van der Waals surface area contributed by atoms with E-state index in [2.05, 4.69) is 10.4 Å². The molecular formula is C28H27N3O7S. The van der Waals surface area contributed by atoms with E-state index in [1.54, 1.807) is 68.0 Å². The molecule has 1 N–H and O–H groups in total. The minimum absolute atomic E-state index is 0.0297. The van der Waals surface area contributed by atoms with Crippen LogP contribution in [0, 0.1) is 0 Å². The molecule has 202 valence electrons. The Morgan fingerprint density at radius 2 is 1.77 bits per heavy atom. The maximum absolute atomic E-state index is 13.6. The Kier molecular flexibility index (Phi) is 8.62. The number of anilines is 1. The molecule has 2 aromatic carbocycles. The maximum atomic E-state index is 13.6. The topological polar surface area (TPSA) is 118 Å². The fraction of sp³-hybridized carbons (Fsp3) is 0.214. The number of esters is 1. The van der Waals surface area contributed by atoms with E-state index >= 15 is 0 Å². The number of carbonyl (C=O) groups excluding carboxylic acids is 2. The molecule has 1 amide bonds. The molecule has 0 radical (unpaired) electrons. The van der Waals surface area contributed by atoms with E-state index in [1.165, 1.54) is 13.2 Å². The fourth-order valence-electron chi connectivity index (χ4n) is 3.80. The Balaban J connectivity index is 1.71. The van der Waals surface area contributed by atoms with Crippen molar-refractivity contribution in [1.29, 1.82) is 0 Å². The SMILES string of the molecule is CCOC(=O)c1nn(-c2ccc(OCC)cc2)c(=O)c2c(NC(=O)/C=C/c3ccc(OC)c(OC)c3)scc12. The lowest BCUT2D eigenvalue weighted by Gasteiger charge is -2.10. The van der Waals surface area contributed by atoms with Crippen LogP contribution in [0.5, 0.6) is 17.2 Å². The molecule has 0 bridgehead atoms. The highest BCUT2D eigenvalue weighted by atomic mass is 32.1. The molecule has 0 fully saturated rings. The molecule has 0 atom stereocenters. The van der Waals surface area contributed by atoms with E-state index in [4.69, 9.17) is 18.9 Å². The summed E-state index contributed by atoms with van der Waals surface area (Å²) in [4.78, 5) is 39.1. The summed E-state index contributed by atoms with van der Waals surface area (Å²) in [6.07, 6.45) is 2.95. The van der Waals surface area contributed by atoms with Gasteiger partial charge < -0.3 is 24.3 Å². The van der Waals surface area contributed by atoms with Crippen LogP contribution in [0.25, 0.3) is 22.5 Å². The smallest absolute Gasteiger partial charge is 0.359 e. The van der Waals surface area contributed by atoms with E-state index < -0.39 is 17.4 Å². The molecule has 2 aromatic heterocycles. The third-order valence-electron chi connectivity index (χ3n) is 5.58. The number of hydrogen-bond donors (Lipinski definition) is 1. The van der Waals surface area contributed by atoms with Crippen LogP contribution < -0.4 is 25.1 Å². The Morgan fingerprint density at radius 1 is 1.03 bits per heavy atom. The highest BCUT2D eigenvalue weighted by Gasteiger charge is 2.23. The number of nitrogens with zero attached hydrogens (tertiary/aromatic N) is 2. The summed E-state index contributed by atoms with van der Waals surface area (Å²) >= 11 is 1.12. The van der Waals surface area contributed by atoms with Gasteiger partial charge in [0.05, 0.1) is 38.5 Å². The fourth-order valence-corrected chi connectivity index (χ4v) is 4.74. The summed E-state index contributed by atoms with van der Waals surface area (Å²) < 4.78 is 22.3. The zero-order chi connectivity index (χ0) is 27.9. The van der Waals surface area contributed by atoms with Gasteiger partial charge in [-0.3, -0.25) is 9.59 Å². The number of thiophene rings is 1. The van der Waals surface area contributed by atoms with Gasteiger partial charge >= 0.3 is 5.97 Å². The number of nitrogens with one attached hydrogen (secondary N) is 1. The zero-order valence-electron chi connectivity index (χ0n) is 21.8. The third-order valence-corrected chi connectivity index (χ3v) is 6.48. The van der Waals surface area contributed by atoms with E-state index in [0.717, 1.165) is 16.0 Å². The second kappa shape index (κ2) is 12.3. The summed E-state index contributed by atoms with van der Waals surface area (Å²) in [6, 6.07) is 12.0. The first-order valence-electron chi connectivity index (χ1n) is 12.1. The summed E-state index contributed by atoms with van der Waals surface area (Å²) in [7, 11) is 3.07. The largest absolute Gasteiger partial charge is 0.494 e. The van der Waals surface area contributed by atoms with Crippen LogP contribution in [-0.2, 0) is 9.53 Å². The molecular weight excluding hydrogens is 522 g/mol. The average molecular weight is 550 g/mol. The zero-order valence-corrected chi connectivity index (χ0v) is 22.7. The van der Waals surface area contributed by atoms with Gasteiger partial charge in [0.25, 0.3) is 5.56 Å². The van der Waals surface area contributed by atoms with Crippen LogP contribution in [0.4, 0.5) is 5.00 Å². The minimum Gasteiger partial charge on any atom is -0.494 e. The maximum Gasteiger partial charge on any atom is 0.359 e. The van der Waals surface area contributed by atoms with Gasteiger partial charge in [0.15, 0.2) is 17.2 Å². The number of carbonyl (C=O) groups is 2. The van der Waals surface area contributed by atoms with Crippen LogP contribution in [0.3, 0.4) is 0 Å². The van der Waals surface area contributed by atoms with Crippen LogP contribution in [-0.4, -0.2) is 49.1 Å². The summed E-state index contributed by atoms with van der Waals surface area (Å²) in [5, 5.41) is 9.40. The van der Waals surface area contributed by atoms with E-state index in [1.807, 2.05) is 6.92 Å². The monoisotopic (exact) mass is 549 g/mol. The third kappa shape index (κ3) is 5.93. The number of rotatable bonds is 10. The van der Waals surface area contributed by atoms with Gasteiger partial charge in [0.2, 0.25) is 5.91 Å². The number of ether oxygens (including phenoxy) is 4. The standard InChI is InChI=1S/C28H27N3O7S/c1-5-37-19-11-9-18(10-12-19)31-27(33)24-20(25(30-31)28(34)38-6-2)16-39-26(24)29-23(32)14-8-17-7-13-21(35-3)22(15-17)36-4/h7-16H,5-6H2,1-4H3,(H,29,32)/b14-8+. The lowest BCUT2D eigenvalue weighted by atomic mass is 10.2. The average Bonchev–Trinajstić information content (AvgIpc) is 3.36. The molecule has 0 spiro atoms. The molecule has 11 heteroatoms. The predicted octanol–water partition coefficient (Wildman–Crippen LogP) is 4.69. The number of amides is 1. The van der Waals surface area contributed by atoms with Crippen molar-refractivity contribution in [3.05, 3.63) is 75.5 Å². The van der Waals surface area contributed by atoms with Crippen LogP contribution in [0.1, 0.15) is 29.9 Å². The molecule has 0 aliphatic carbocycles. The van der Waals surface area contributed by atoms with Gasteiger partial charge in [-0.05, 0) is 61.9 Å². The van der Waals surface area contributed by atoms with Crippen molar-refractivity contribution in [2.45, 2.75) is 13.8 Å². The van der Waals surface area contributed by atoms with Crippen molar-refractivity contribution < 1.29 is 28.5 Å². The van der Waals surface area contributed by atoms with Crippen LogP contribution in [0.15, 0.2) is 58.7 Å². The van der Waals surface area contributed by atoms with Gasteiger partial charge in [-0.1, -0.05) is 6.07 Å². The van der Waals surface area contributed by atoms with Crippen molar-refractivity contribution in [3.63, 3.8) is 0 Å². The Hall–Kier alpha value is -4.64. The van der Waals surface area contributed by atoms with Gasteiger partial charge in [0, 0.05) is 16.8 Å². The molecule has 4 aromatic rings. The lowest BCUT2D eigenvalue weighted by molar-refractivity contribution is -0.111. The molecule has 0 aliphatic heterocycles. The number of benzene rings is 2. The molecule has 4 rings (SSSR count). The summed E-state index contributed by atoms with van der Waals surface area (Å²) in [5.41, 5.74) is 0.610. The predicted molar refractivity (Wildman–Crippen MR) is 150 cm³/mol. The molecule has 0 unspecified atom stereocenters. The number of hydrogen-bond acceptors (Lipinski definition) is 9. The van der Waals surface area contributed by atoms with Crippen molar-refractivity contribution in [2.24, 2.45) is 0 Å². The van der Waals surface area contributed by atoms with Crippen molar-refractivity contribution in [1.82, 2.24) is 9.78 Å². The molecule has 0 saturated carbocycles. The number of fused-ring (bicyclic) bond motifs is 1. The Morgan fingerprint density at radius 3 is 2.44 bits per heavy atom. The first-order valence-corrected chi connectivity index (χ1v) is 12.9. The van der Waals surface area contributed by atoms with Crippen molar-refractivity contribution >= 4 is 45.1 Å². The number of aromatic nitrogens is 2. The van der Waals surface area contributed by atoms with Crippen molar-refractivity contribution in [2.75, 3.05) is 32.8 Å². The summed E-state index contributed by atoms with van der Waals surface area (Å²) in [6.45, 7) is 4.18. The highest BCUT2D eigenvalue weighted by Crippen LogP contribution is 2.31. The van der Waals surface area contributed by atoms with Crippen LogP contribution >= 0.6 is 11.3 Å². The van der Waals surface area contributed by atoms with E-state index in [-0.39, 0.29) is 22.7 Å². The minimum atomic E-state index is -0.675.